The average molecular weight is 196 g/mol. The van der Waals surface area contributed by atoms with Crippen molar-refractivity contribution >= 4 is 5.97 Å². The van der Waals surface area contributed by atoms with Gasteiger partial charge in [0.15, 0.2) is 0 Å². The summed E-state index contributed by atoms with van der Waals surface area (Å²) in [7, 11) is 0. The van der Waals surface area contributed by atoms with Gasteiger partial charge in [0.25, 0.3) is 0 Å². The van der Waals surface area contributed by atoms with Gasteiger partial charge < -0.3 is 9.84 Å². The van der Waals surface area contributed by atoms with Gasteiger partial charge in [-0.15, -0.1) is 6.58 Å². The Kier molecular flexibility index (Phi) is 3.11. The Morgan fingerprint density at radius 3 is 2.86 bits per heavy atom. The van der Waals surface area contributed by atoms with E-state index in [4.69, 9.17) is 4.74 Å². The van der Waals surface area contributed by atoms with Gasteiger partial charge in [0.2, 0.25) is 0 Å². The van der Waals surface area contributed by atoms with Crippen LogP contribution in [0.5, 0.6) is 0 Å². The van der Waals surface area contributed by atoms with Gasteiger partial charge in [-0.05, 0) is 32.3 Å². The van der Waals surface area contributed by atoms with Crippen LogP contribution in [-0.2, 0) is 9.53 Å². The lowest BCUT2D eigenvalue weighted by molar-refractivity contribution is -0.139. The molecule has 0 spiro atoms. The number of esters is 1. The van der Waals surface area contributed by atoms with Gasteiger partial charge in [-0.3, -0.25) is 0 Å². The fraction of sp³-hybridized carbons (Fsp3) is 0.545. The summed E-state index contributed by atoms with van der Waals surface area (Å²) >= 11 is 0. The molecule has 1 N–H and O–H groups in total. The Hall–Kier alpha value is -1.09. The zero-order valence-corrected chi connectivity index (χ0v) is 8.62. The number of hydrogen-bond donors (Lipinski definition) is 1. The van der Waals surface area contributed by atoms with Gasteiger partial charge in [-0.2, -0.15) is 0 Å². The van der Waals surface area contributed by atoms with Gasteiger partial charge in [-0.1, -0.05) is 6.08 Å². The zero-order chi connectivity index (χ0) is 10.8. The summed E-state index contributed by atoms with van der Waals surface area (Å²) in [5.74, 6) is -0.286. The van der Waals surface area contributed by atoms with E-state index in [0.717, 1.165) is 5.57 Å². The molecule has 0 aliphatic carbocycles. The first-order chi connectivity index (χ1) is 6.44. The first-order valence-electron chi connectivity index (χ1n) is 4.69. The summed E-state index contributed by atoms with van der Waals surface area (Å²) < 4.78 is 5.04. The Bertz CT molecular complexity index is 276. The molecule has 0 bridgehead atoms. The molecule has 1 aliphatic rings. The second-order valence-electron chi connectivity index (χ2n) is 3.91. The molecule has 0 radical (unpaired) electrons. The number of carbonyl (C=O) groups is 1. The van der Waals surface area contributed by atoms with Gasteiger partial charge in [0.1, 0.15) is 6.10 Å². The molecule has 3 heteroatoms. The van der Waals surface area contributed by atoms with E-state index < -0.39 is 5.60 Å². The predicted octanol–water partition coefficient (Wildman–Crippen LogP) is 1.58. The minimum Gasteiger partial charge on any atom is -0.455 e. The second-order valence-corrected chi connectivity index (χ2v) is 3.91. The molecule has 1 rings (SSSR count). The number of rotatable bonds is 4. The lowest BCUT2D eigenvalue weighted by Gasteiger charge is -2.20. The third-order valence-corrected chi connectivity index (χ3v) is 2.46. The topological polar surface area (TPSA) is 46.5 Å². The summed E-state index contributed by atoms with van der Waals surface area (Å²) in [5, 5.41) is 9.66. The molecule has 0 aromatic heterocycles. The second kappa shape index (κ2) is 3.96. The standard InChI is InChI=1S/C11H16O3/c1-4-11(3,13)6-5-9-8(2)7-10(12)14-9/h4,7,9,13H,1,5-6H2,2-3H3/t9-,11+/m1/s1. The molecular formula is C11H16O3. The van der Waals surface area contributed by atoms with E-state index in [2.05, 4.69) is 6.58 Å². The van der Waals surface area contributed by atoms with E-state index in [1.165, 1.54) is 12.2 Å². The Balaban J connectivity index is 2.44. The first kappa shape index (κ1) is 11.0. The van der Waals surface area contributed by atoms with E-state index in [1.807, 2.05) is 6.92 Å². The molecule has 78 valence electrons. The van der Waals surface area contributed by atoms with Crippen LogP contribution in [-0.4, -0.2) is 22.8 Å². The van der Waals surface area contributed by atoms with Crippen LogP contribution in [0.2, 0.25) is 0 Å². The number of hydrogen-bond acceptors (Lipinski definition) is 3. The van der Waals surface area contributed by atoms with Crippen LogP contribution in [0.3, 0.4) is 0 Å². The molecule has 1 heterocycles. The molecule has 0 unspecified atom stereocenters. The molecule has 0 fully saturated rings. The normalized spacial score (nSPS) is 25.2. The van der Waals surface area contributed by atoms with Crippen molar-refractivity contribution in [1.82, 2.24) is 0 Å². The largest absolute Gasteiger partial charge is 0.455 e. The SMILES string of the molecule is C=C[C@](C)(O)CC[C@H]1OC(=O)C=C1C. The van der Waals surface area contributed by atoms with Gasteiger partial charge in [-0.25, -0.2) is 4.79 Å². The minimum absolute atomic E-state index is 0.172. The highest BCUT2D eigenvalue weighted by Gasteiger charge is 2.25. The Morgan fingerprint density at radius 2 is 2.43 bits per heavy atom. The van der Waals surface area contributed by atoms with Crippen molar-refractivity contribution in [3.63, 3.8) is 0 Å². The van der Waals surface area contributed by atoms with E-state index in [9.17, 15) is 9.90 Å². The van der Waals surface area contributed by atoms with Crippen molar-refractivity contribution in [3.05, 3.63) is 24.3 Å². The van der Waals surface area contributed by atoms with Crippen molar-refractivity contribution in [2.75, 3.05) is 0 Å². The number of ether oxygens (including phenoxy) is 1. The highest BCUT2D eigenvalue weighted by molar-refractivity contribution is 5.85. The molecule has 1 aliphatic heterocycles. The Morgan fingerprint density at radius 1 is 1.79 bits per heavy atom. The van der Waals surface area contributed by atoms with Crippen LogP contribution in [0.15, 0.2) is 24.3 Å². The maximum Gasteiger partial charge on any atom is 0.331 e. The van der Waals surface area contributed by atoms with Gasteiger partial charge >= 0.3 is 5.97 Å². The molecule has 0 amide bonds. The van der Waals surface area contributed by atoms with Crippen molar-refractivity contribution in [2.45, 2.75) is 38.4 Å². The smallest absolute Gasteiger partial charge is 0.331 e. The van der Waals surface area contributed by atoms with Crippen molar-refractivity contribution < 1.29 is 14.6 Å². The van der Waals surface area contributed by atoms with Crippen LogP contribution in [0, 0.1) is 0 Å². The maximum absolute atomic E-state index is 10.9. The Labute approximate surface area is 84.1 Å². The minimum atomic E-state index is -0.880. The summed E-state index contributed by atoms with van der Waals surface area (Å²) in [4.78, 5) is 10.9. The predicted molar refractivity (Wildman–Crippen MR) is 53.7 cm³/mol. The lowest BCUT2D eigenvalue weighted by atomic mass is 9.96. The number of cyclic esters (lactones) is 1. The van der Waals surface area contributed by atoms with Crippen molar-refractivity contribution in [2.24, 2.45) is 0 Å². The van der Waals surface area contributed by atoms with Crippen LogP contribution < -0.4 is 0 Å². The fourth-order valence-corrected chi connectivity index (χ4v) is 1.36. The van der Waals surface area contributed by atoms with Crippen LogP contribution in [0.1, 0.15) is 26.7 Å². The molecule has 0 saturated carbocycles. The maximum atomic E-state index is 10.9. The van der Waals surface area contributed by atoms with Gasteiger partial charge in [0.05, 0.1) is 5.60 Å². The van der Waals surface area contributed by atoms with Crippen molar-refractivity contribution in [1.29, 1.82) is 0 Å². The number of carbonyl (C=O) groups excluding carboxylic acids is 1. The zero-order valence-electron chi connectivity index (χ0n) is 8.62. The summed E-state index contributed by atoms with van der Waals surface area (Å²) in [6.45, 7) is 7.09. The molecule has 0 saturated heterocycles. The molecule has 0 aromatic carbocycles. The van der Waals surface area contributed by atoms with Crippen LogP contribution in [0.25, 0.3) is 0 Å². The lowest BCUT2D eigenvalue weighted by Crippen LogP contribution is -2.23. The molecule has 3 nitrogen and oxygen atoms in total. The summed E-state index contributed by atoms with van der Waals surface area (Å²) in [5.41, 5.74) is 0.0461. The van der Waals surface area contributed by atoms with Crippen molar-refractivity contribution in [3.8, 4) is 0 Å². The van der Waals surface area contributed by atoms with Crippen LogP contribution in [0.4, 0.5) is 0 Å². The third-order valence-electron chi connectivity index (χ3n) is 2.46. The monoisotopic (exact) mass is 196 g/mol. The molecule has 0 aromatic rings. The average Bonchev–Trinajstić information content (AvgIpc) is 2.42. The number of aliphatic hydroxyl groups is 1. The van der Waals surface area contributed by atoms with E-state index in [0.29, 0.717) is 12.8 Å². The van der Waals surface area contributed by atoms with E-state index >= 15 is 0 Å². The molecule has 2 atom stereocenters. The highest BCUT2D eigenvalue weighted by atomic mass is 16.5. The highest BCUT2D eigenvalue weighted by Crippen LogP contribution is 2.23. The molecular weight excluding hydrogens is 180 g/mol. The van der Waals surface area contributed by atoms with Crippen LogP contribution >= 0.6 is 0 Å². The molecule has 14 heavy (non-hydrogen) atoms. The fourth-order valence-electron chi connectivity index (χ4n) is 1.36. The first-order valence-corrected chi connectivity index (χ1v) is 4.69. The van der Waals surface area contributed by atoms with Gasteiger partial charge in [0, 0.05) is 6.08 Å². The summed E-state index contributed by atoms with van der Waals surface area (Å²) in [6.07, 6.45) is 4.00. The van der Waals surface area contributed by atoms with E-state index in [-0.39, 0.29) is 12.1 Å². The third kappa shape index (κ3) is 2.70. The van der Waals surface area contributed by atoms with E-state index in [1.54, 1.807) is 6.92 Å². The summed E-state index contributed by atoms with van der Waals surface area (Å²) in [6, 6.07) is 0. The quantitative estimate of drug-likeness (QED) is 0.548.